The van der Waals surface area contributed by atoms with Crippen molar-refractivity contribution in [1.82, 2.24) is 0 Å². The molecular weight excluding hydrogens is 204 g/mol. The molecule has 0 aliphatic carbocycles. The van der Waals surface area contributed by atoms with Crippen LogP contribution in [0, 0.1) is 0 Å². The minimum absolute atomic E-state index is 0. The zero-order chi connectivity index (χ0) is 7.28. The van der Waals surface area contributed by atoms with Gasteiger partial charge in [0, 0.05) is 17.1 Å². The van der Waals surface area contributed by atoms with Gasteiger partial charge in [0.1, 0.15) is 0 Å². The van der Waals surface area contributed by atoms with Crippen LogP contribution in [0.15, 0.2) is 0 Å². The van der Waals surface area contributed by atoms with Gasteiger partial charge in [-0.25, -0.2) is 4.79 Å². The molecule has 1 unspecified atom stereocenters. The maximum atomic E-state index is 9.95. The zero-order valence-corrected chi connectivity index (χ0v) is 7.26. The molecule has 5 heteroatoms. The second-order valence-electron chi connectivity index (χ2n) is 1.64. The molecule has 3 nitrogen and oxygen atoms in total. The average molecular weight is 214 g/mol. The number of thioether (sulfide) groups is 1. The van der Waals surface area contributed by atoms with Crippen LogP contribution in [0.25, 0.3) is 0 Å². The molecule has 0 saturated carbocycles. The second kappa shape index (κ2) is 7.41. The molecule has 1 atom stereocenters. The number of carboxylic acid groups (broad SMARTS) is 1. The van der Waals surface area contributed by atoms with Gasteiger partial charge in [-0.15, -0.1) is 0 Å². The largest absolute Gasteiger partial charge is 0.479 e. The Hall–Kier alpha value is 0.299. The summed E-state index contributed by atoms with van der Waals surface area (Å²) in [5.41, 5.74) is 0. The Balaban J connectivity index is 0. The van der Waals surface area contributed by atoms with Crippen LogP contribution in [-0.2, 0) is 21.9 Å². The molecule has 0 saturated heterocycles. The molecule has 10 heavy (non-hydrogen) atoms. The van der Waals surface area contributed by atoms with E-state index in [1.807, 2.05) is 6.26 Å². The fourth-order valence-electron chi connectivity index (χ4n) is 0.353. The Kier molecular flexibility index (Phi) is 9.58. The molecule has 0 rings (SSSR count). The van der Waals surface area contributed by atoms with E-state index in [9.17, 15) is 4.79 Å². The van der Waals surface area contributed by atoms with Crippen molar-refractivity contribution in [3.63, 3.8) is 0 Å². The average Bonchev–Trinajstić information content (AvgIpc) is 1.82. The Labute approximate surface area is 74.7 Å². The van der Waals surface area contributed by atoms with Crippen molar-refractivity contribution < 1.29 is 32.1 Å². The number of rotatable bonds is 4. The third-order valence-corrected chi connectivity index (χ3v) is 1.52. The van der Waals surface area contributed by atoms with E-state index in [1.165, 1.54) is 11.8 Å². The van der Waals surface area contributed by atoms with Crippen LogP contribution in [0.1, 0.15) is 6.42 Å². The number of aliphatic hydroxyl groups is 1. The van der Waals surface area contributed by atoms with Gasteiger partial charge in [-0.3, -0.25) is 0 Å². The molecule has 1 radical (unpaired) electrons. The smallest absolute Gasteiger partial charge is 0.332 e. The first-order chi connectivity index (χ1) is 4.18. The Morgan fingerprint density at radius 2 is 2.20 bits per heavy atom. The van der Waals surface area contributed by atoms with Crippen molar-refractivity contribution in [2.24, 2.45) is 0 Å². The summed E-state index contributed by atoms with van der Waals surface area (Å²) >= 11 is 1.52. The molecule has 0 bridgehead atoms. The maximum Gasteiger partial charge on any atom is 0.332 e. The molecule has 0 aromatic rings. The molecule has 0 aliphatic heterocycles. The summed E-state index contributed by atoms with van der Waals surface area (Å²) in [4.78, 5) is 9.95. The van der Waals surface area contributed by atoms with Crippen molar-refractivity contribution in [2.45, 2.75) is 12.5 Å². The summed E-state index contributed by atoms with van der Waals surface area (Å²) in [6, 6.07) is 0. The molecule has 65 valence electrons. The SMILES string of the molecule is CSCCC(O)C(=O)O.[Cu]. The number of carboxylic acids is 1. The number of aliphatic carboxylic acids is 1. The predicted octanol–water partition coefficient (Wildman–Crippen LogP) is 0.182. The Bertz CT molecular complexity index is 98.9. The zero-order valence-electron chi connectivity index (χ0n) is 5.50. The predicted molar refractivity (Wildman–Crippen MR) is 36.6 cm³/mol. The van der Waals surface area contributed by atoms with Gasteiger partial charge < -0.3 is 10.2 Å². The van der Waals surface area contributed by atoms with Gasteiger partial charge in [0.25, 0.3) is 0 Å². The fraction of sp³-hybridized carbons (Fsp3) is 0.800. The van der Waals surface area contributed by atoms with Crippen LogP contribution < -0.4 is 0 Å². The van der Waals surface area contributed by atoms with Crippen LogP contribution in [0.3, 0.4) is 0 Å². The summed E-state index contributed by atoms with van der Waals surface area (Å²) in [7, 11) is 0. The van der Waals surface area contributed by atoms with Crippen molar-refractivity contribution in [2.75, 3.05) is 12.0 Å². The van der Waals surface area contributed by atoms with E-state index in [1.54, 1.807) is 0 Å². The first-order valence-electron chi connectivity index (χ1n) is 2.58. The second-order valence-corrected chi connectivity index (χ2v) is 2.62. The van der Waals surface area contributed by atoms with Crippen molar-refractivity contribution >= 4 is 17.7 Å². The van der Waals surface area contributed by atoms with Gasteiger partial charge in [0.2, 0.25) is 0 Å². The van der Waals surface area contributed by atoms with E-state index in [0.717, 1.165) is 0 Å². The monoisotopic (exact) mass is 213 g/mol. The third kappa shape index (κ3) is 6.42. The summed E-state index contributed by atoms with van der Waals surface area (Å²) in [6.45, 7) is 0. The van der Waals surface area contributed by atoms with E-state index in [2.05, 4.69) is 0 Å². The normalized spacial score (nSPS) is 11.8. The third-order valence-electron chi connectivity index (χ3n) is 0.880. The van der Waals surface area contributed by atoms with Crippen molar-refractivity contribution in [3.05, 3.63) is 0 Å². The number of hydrogen-bond acceptors (Lipinski definition) is 3. The molecule has 0 aromatic heterocycles. The molecule has 0 heterocycles. The fourth-order valence-corrected chi connectivity index (χ4v) is 0.812. The van der Waals surface area contributed by atoms with Crippen molar-refractivity contribution in [3.8, 4) is 0 Å². The maximum absolute atomic E-state index is 9.95. The topological polar surface area (TPSA) is 57.5 Å². The molecular formula is C5H10CuO3S. The summed E-state index contributed by atoms with van der Waals surface area (Å²) in [6.07, 6.45) is 1.02. The Morgan fingerprint density at radius 1 is 1.70 bits per heavy atom. The Morgan fingerprint density at radius 3 is 2.50 bits per heavy atom. The summed E-state index contributed by atoms with van der Waals surface area (Å²) in [5.74, 6) is -0.447. The first-order valence-corrected chi connectivity index (χ1v) is 3.97. The van der Waals surface area contributed by atoms with E-state index < -0.39 is 12.1 Å². The van der Waals surface area contributed by atoms with E-state index in [4.69, 9.17) is 10.2 Å². The van der Waals surface area contributed by atoms with Gasteiger partial charge >= 0.3 is 5.97 Å². The van der Waals surface area contributed by atoms with Crippen LogP contribution >= 0.6 is 11.8 Å². The van der Waals surface area contributed by atoms with Crippen LogP contribution in [0.5, 0.6) is 0 Å². The molecule has 0 amide bonds. The molecule has 0 spiro atoms. The molecule has 0 fully saturated rings. The van der Waals surface area contributed by atoms with Crippen LogP contribution in [-0.4, -0.2) is 34.3 Å². The number of carbonyl (C=O) groups is 1. The molecule has 2 N–H and O–H groups in total. The van der Waals surface area contributed by atoms with E-state index in [-0.39, 0.29) is 17.1 Å². The van der Waals surface area contributed by atoms with Gasteiger partial charge in [0.05, 0.1) is 0 Å². The number of hydrogen-bond donors (Lipinski definition) is 2. The number of aliphatic hydroxyl groups excluding tert-OH is 1. The van der Waals surface area contributed by atoms with E-state index in [0.29, 0.717) is 12.2 Å². The van der Waals surface area contributed by atoms with Crippen molar-refractivity contribution in [1.29, 1.82) is 0 Å². The molecule has 0 aliphatic rings. The van der Waals surface area contributed by atoms with E-state index >= 15 is 0 Å². The first kappa shape index (κ1) is 12.9. The van der Waals surface area contributed by atoms with Gasteiger partial charge in [-0.2, -0.15) is 11.8 Å². The summed E-state index contributed by atoms with van der Waals surface area (Å²) in [5, 5.41) is 16.8. The van der Waals surface area contributed by atoms with Crippen LogP contribution in [0.2, 0.25) is 0 Å². The van der Waals surface area contributed by atoms with Gasteiger partial charge in [-0.1, -0.05) is 0 Å². The minimum atomic E-state index is -1.18. The minimum Gasteiger partial charge on any atom is -0.479 e. The molecule has 0 aromatic carbocycles. The van der Waals surface area contributed by atoms with Crippen LogP contribution in [0.4, 0.5) is 0 Å². The van der Waals surface area contributed by atoms with Gasteiger partial charge in [-0.05, 0) is 18.4 Å². The quantitative estimate of drug-likeness (QED) is 0.655. The standard InChI is InChI=1S/C5H10O3S.Cu/c1-9-3-2-4(6)5(7)8;/h4,6H,2-3H2,1H3,(H,7,8);. The van der Waals surface area contributed by atoms with Gasteiger partial charge in [0.15, 0.2) is 6.10 Å². The summed E-state index contributed by atoms with van der Waals surface area (Å²) < 4.78 is 0.